The van der Waals surface area contributed by atoms with E-state index in [0.29, 0.717) is 0 Å². The van der Waals surface area contributed by atoms with Crippen LogP contribution in [0, 0.1) is 12.3 Å². The molecule has 0 bridgehead atoms. The molecular formula is C19H27N3O8S. The van der Waals surface area contributed by atoms with Gasteiger partial charge in [0.05, 0.1) is 24.3 Å². The monoisotopic (exact) mass is 457 g/mol. The van der Waals surface area contributed by atoms with Gasteiger partial charge in [-0.25, -0.2) is 0 Å². The van der Waals surface area contributed by atoms with Crippen molar-refractivity contribution in [3.05, 3.63) is 0 Å². The summed E-state index contributed by atoms with van der Waals surface area (Å²) in [7, 11) is 0. The SMILES string of the molecule is C#CCN1C(=O)CC(SC[C@H](NC(=O)CC[C@H](N)C(=O)O)C(=O)CCC(=O)O)C1(C)O. The molecule has 0 radical (unpaired) electrons. The third-order valence-corrected chi connectivity index (χ3v) is 6.38. The molecule has 4 atom stereocenters. The molecule has 1 rings (SSSR count). The standard InChI is InChI=1S/C19H27N3O8S/c1-3-8-22-16(25)9-14(19(22,2)30)31-10-12(13(23)5-7-17(26)27)21-15(24)6-4-11(20)18(28)29/h1,11-12,14,30H,4-10,20H2,2H3,(H,21,24)(H,26,27)(H,28,29)/t11-,12-,14?,19?/m0/s1. The Hall–Kier alpha value is -2.62. The van der Waals surface area contributed by atoms with Gasteiger partial charge in [-0.1, -0.05) is 5.92 Å². The number of nitrogens with zero attached hydrogens (tertiary/aromatic N) is 1. The van der Waals surface area contributed by atoms with Crippen molar-refractivity contribution in [3.8, 4) is 12.3 Å². The minimum Gasteiger partial charge on any atom is -0.481 e. The quantitative estimate of drug-likeness (QED) is 0.210. The van der Waals surface area contributed by atoms with E-state index in [1.54, 1.807) is 0 Å². The van der Waals surface area contributed by atoms with Crippen LogP contribution in [-0.4, -0.2) is 85.1 Å². The zero-order chi connectivity index (χ0) is 23.8. The van der Waals surface area contributed by atoms with Crippen LogP contribution < -0.4 is 11.1 Å². The second-order valence-electron chi connectivity index (χ2n) is 7.27. The van der Waals surface area contributed by atoms with Gasteiger partial charge in [-0.3, -0.25) is 24.0 Å². The Bertz CT molecular complexity index is 764. The first-order chi connectivity index (χ1) is 14.4. The Kier molecular flexibility index (Phi) is 9.96. The third kappa shape index (κ3) is 7.86. The average Bonchev–Trinajstić information content (AvgIpc) is 2.90. The number of rotatable bonds is 13. The van der Waals surface area contributed by atoms with Gasteiger partial charge in [0, 0.05) is 25.0 Å². The molecule has 0 saturated carbocycles. The fourth-order valence-electron chi connectivity index (χ4n) is 2.95. The summed E-state index contributed by atoms with van der Waals surface area (Å²) in [6, 6.07) is -2.31. The lowest BCUT2D eigenvalue weighted by atomic mass is 10.1. The van der Waals surface area contributed by atoms with E-state index in [1.807, 2.05) is 0 Å². The van der Waals surface area contributed by atoms with Crippen LogP contribution in [0.3, 0.4) is 0 Å². The number of carbonyl (C=O) groups is 5. The second kappa shape index (κ2) is 11.7. The van der Waals surface area contributed by atoms with Crippen molar-refractivity contribution in [3.63, 3.8) is 0 Å². The predicted molar refractivity (Wildman–Crippen MR) is 111 cm³/mol. The van der Waals surface area contributed by atoms with E-state index in [2.05, 4.69) is 11.2 Å². The highest BCUT2D eigenvalue weighted by molar-refractivity contribution is 8.00. The number of terminal acetylenes is 1. The summed E-state index contributed by atoms with van der Waals surface area (Å²) in [6.45, 7) is 1.35. The summed E-state index contributed by atoms with van der Waals surface area (Å²) >= 11 is 1.08. The number of thioether (sulfide) groups is 1. The number of aliphatic carboxylic acids is 2. The highest BCUT2D eigenvalue weighted by Gasteiger charge is 2.48. The molecule has 1 heterocycles. The molecule has 12 heteroatoms. The number of nitrogens with one attached hydrogen (secondary N) is 1. The fourth-order valence-corrected chi connectivity index (χ4v) is 4.35. The van der Waals surface area contributed by atoms with E-state index in [9.17, 15) is 29.1 Å². The predicted octanol–water partition coefficient (Wildman–Crippen LogP) is -1.23. The highest BCUT2D eigenvalue weighted by Crippen LogP contribution is 2.36. The summed E-state index contributed by atoms with van der Waals surface area (Å²) in [5, 5.41) is 30.1. The van der Waals surface area contributed by atoms with Crippen LogP contribution in [0.25, 0.3) is 0 Å². The van der Waals surface area contributed by atoms with Gasteiger partial charge in [0.2, 0.25) is 11.8 Å². The molecule has 0 aromatic carbocycles. The summed E-state index contributed by atoms with van der Waals surface area (Å²) < 4.78 is 0. The van der Waals surface area contributed by atoms with Crippen LogP contribution in [0.4, 0.5) is 0 Å². The van der Waals surface area contributed by atoms with Crippen LogP contribution in [0.1, 0.15) is 39.0 Å². The number of hydrogen-bond acceptors (Lipinski definition) is 8. The minimum absolute atomic E-state index is 0.0171. The van der Waals surface area contributed by atoms with Crippen molar-refractivity contribution in [2.45, 2.75) is 62.1 Å². The van der Waals surface area contributed by atoms with Gasteiger partial charge in [0.15, 0.2) is 5.78 Å². The van der Waals surface area contributed by atoms with Gasteiger partial charge < -0.3 is 31.3 Å². The number of carboxylic acid groups (broad SMARTS) is 2. The lowest BCUT2D eigenvalue weighted by Crippen LogP contribution is -2.49. The van der Waals surface area contributed by atoms with Gasteiger partial charge >= 0.3 is 11.9 Å². The number of likely N-dealkylation sites (tertiary alicyclic amines) is 1. The fraction of sp³-hybridized carbons (Fsp3) is 0.632. The van der Waals surface area contributed by atoms with Gasteiger partial charge in [0.1, 0.15) is 11.8 Å². The first-order valence-corrected chi connectivity index (χ1v) is 10.5. The van der Waals surface area contributed by atoms with Crippen LogP contribution in [0.2, 0.25) is 0 Å². The topological polar surface area (TPSA) is 187 Å². The molecule has 0 aromatic heterocycles. The largest absolute Gasteiger partial charge is 0.481 e. The van der Waals surface area contributed by atoms with E-state index in [0.717, 1.165) is 16.7 Å². The lowest BCUT2D eigenvalue weighted by Gasteiger charge is -2.33. The number of aliphatic hydroxyl groups is 1. The van der Waals surface area contributed by atoms with Crippen LogP contribution in [0.5, 0.6) is 0 Å². The Balaban J connectivity index is 2.80. The van der Waals surface area contributed by atoms with Gasteiger partial charge in [-0.15, -0.1) is 6.42 Å². The summed E-state index contributed by atoms with van der Waals surface area (Å²) in [4.78, 5) is 59.4. The number of ketones is 1. The Morgan fingerprint density at radius 1 is 1.32 bits per heavy atom. The van der Waals surface area contributed by atoms with E-state index < -0.39 is 53.1 Å². The van der Waals surface area contributed by atoms with Crippen LogP contribution >= 0.6 is 11.8 Å². The van der Waals surface area contributed by atoms with E-state index in [-0.39, 0.29) is 43.9 Å². The highest BCUT2D eigenvalue weighted by atomic mass is 32.2. The molecule has 1 aliphatic heterocycles. The molecule has 2 unspecified atom stereocenters. The zero-order valence-corrected chi connectivity index (χ0v) is 17.9. The molecule has 1 saturated heterocycles. The second-order valence-corrected chi connectivity index (χ2v) is 8.50. The number of nitrogens with two attached hydrogens (primary N) is 1. The van der Waals surface area contributed by atoms with Gasteiger partial charge in [-0.2, -0.15) is 11.8 Å². The van der Waals surface area contributed by atoms with E-state index in [1.165, 1.54) is 6.92 Å². The first-order valence-electron chi connectivity index (χ1n) is 9.50. The molecule has 0 aromatic rings. The van der Waals surface area contributed by atoms with Crippen molar-refractivity contribution in [2.24, 2.45) is 5.73 Å². The number of hydrogen-bond donors (Lipinski definition) is 5. The molecular weight excluding hydrogens is 430 g/mol. The summed E-state index contributed by atoms with van der Waals surface area (Å²) in [6.07, 6.45) is 4.09. The van der Waals surface area contributed by atoms with Crippen LogP contribution in [-0.2, 0) is 24.0 Å². The van der Waals surface area contributed by atoms with Crippen molar-refractivity contribution >= 4 is 41.3 Å². The van der Waals surface area contributed by atoms with Crippen LogP contribution in [0.15, 0.2) is 0 Å². The molecule has 0 aliphatic carbocycles. The Morgan fingerprint density at radius 3 is 2.52 bits per heavy atom. The molecule has 1 fully saturated rings. The number of carboxylic acids is 2. The average molecular weight is 458 g/mol. The van der Waals surface area contributed by atoms with E-state index in [4.69, 9.17) is 22.4 Å². The normalized spacial score (nSPS) is 22.5. The Labute approximate surface area is 183 Å². The smallest absolute Gasteiger partial charge is 0.320 e. The maximum absolute atomic E-state index is 12.5. The molecule has 31 heavy (non-hydrogen) atoms. The van der Waals surface area contributed by atoms with E-state index >= 15 is 0 Å². The molecule has 2 amide bonds. The Morgan fingerprint density at radius 2 is 1.97 bits per heavy atom. The van der Waals surface area contributed by atoms with Gasteiger partial charge in [0.25, 0.3) is 0 Å². The van der Waals surface area contributed by atoms with Crippen molar-refractivity contribution in [1.82, 2.24) is 10.2 Å². The zero-order valence-electron chi connectivity index (χ0n) is 17.1. The molecule has 1 aliphatic rings. The summed E-state index contributed by atoms with van der Waals surface area (Å²) in [5.41, 5.74) is 3.81. The van der Waals surface area contributed by atoms with Crippen molar-refractivity contribution < 1.29 is 39.3 Å². The van der Waals surface area contributed by atoms with Crippen molar-refractivity contribution in [2.75, 3.05) is 12.3 Å². The van der Waals surface area contributed by atoms with Crippen molar-refractivity contribution in [1.29, 1.82) is 0 Å². The molecule has 6 N–H and O–H groups in total. The number of Topliss-reactive ketones (excluding diaryl/α,β-unsaturated/α-hetero) is 1. The number of carbonyl (C=O) groups excluding carboxylic acids is 3. The lowest BCUT2D eigenvalue weighted by molar-refractivity contribution is -0.141. The maximum atomic E-state index is 12.5. The van der Waals surface area contributed by atoms with Gasteiger partial charge in [-0.05, 0) is 13.3 Å². The molecule has 0 spiro atoms. The molecule has 172 valence electrons. The molecule has 11 nitrogen and oxygen atoms in total. The minimum atomic E-state index is -1.55. The summed E-state index contributed by atoms with van der Waals surface area (Å²) in [5.74, 6) is -1.65. The number of amides is 2. The maximum Gasteiger partial charge on any atom is 0.320 e. The first kappa shape index (κ1) is 26.4. The third-order valence-electron chi connectivity index (χ3n) is 4.84.